The van der Waals surface area contributed by atoms with Gasteiger partial charge in [0.05, 0.1) is 11.8 Å². The number of piperidine rings is 1. The number of rotatable bonds is 4. The van der Waals surface area contributed by atoms with Crippen molar-refractivity contribution in [1.29, 1.82) is 0 Å². The van der Waals surface area contributed by atoms with Crippen LogP contribution in [0, 0.1) is 23.5 Å². The van der Waals surface area contributed by atoms with E-state index in [2.05, 4.69) is 0 Å². The quantitative estimate of drug-likeness (QED) is 0.882. The first-order chi connectivity index (χ1) is 9.88. The highest BCUT2D eigenvalue weighted by atomic mass is 19.1. The molecule has 7 heteroatoms. The van der Waals surface area contributed by atoms with E-state index in [1.165, 1.54) is 0 Å². The van der Waals surface area contributed by atoms with Crippen molar-refractivity contribution in [3.8, 4) is 0 Å². The lowest BCUT2D eigenvalue weighted by atomic mass is 9.85. The van der Waals surface area contributed by atoms with Gasteiger partial charge in [0.2, 0.25) is 0 Å². The number of carboxylic acid groups (broad SMARTS) is 2. The summed E-state index contributed by atoms with van der Waals surface area (Å²) in [7, 11) is 0. The number of carboxylic acids is 2. The van der Waals surface area contributed by atoms with Crippen LogP contribution < -0.4 is 0 Å². The molecule has 0 radical (unpaired) electrons. The Morgan fingerprint density at radius 1 is 1.19 bits per heavy atom. The van der Waals surface area contributed by atoms with Crippen LogP contribution in [0.1, 0.15) is 12.0 Å². The lowest BCUT2D eigenvalue weighted by molar-refractivity contribution is -0.157. The van der Waals surface area contributed by atoms with Crippen LogP contribution in [0.25, 0.3) is 0 Å². The van der Waals surface area contributed by atoms with Crippen LogP contribution in [-0.2, 0) is 16.1 Å². The number of likely N-dealkylation sites (tertiary alicyclic amines) is 1. The Labute approximate surface area is 119 Å². The molecule has 1 aromatic carbocycles. The number of benzene rings is 1. The Balaban J connectivity index is 2.11. The van der Waals surface area contributed by atoms with Gasteiger partial charge in [-0.3, -0.25) is 14.5 Å². The summed E-state index contributed by atoms with van der Waals surface area (Å²) < 4.78 is 26.7. The molecule has 1 heterocycles. The standard InChI is InChI=1S/C14H15F2NO4/c15-9-1-2-12(16)8(5-9)6-17-4-3-10(13(18)19)11(7-17)14(20)21/h1-2,5,10-11H,3-4,6-7H2,(H,18,19)(H,20,21). The molecule has 1 saturated heterocycles. The molecular weight excluding hydrogens is 284 g/mol. The van der Waals surface area contributed by atoms with Gasteiger partial charge in [-0.25, -0.2) is 8.78 Å². The highest BCUT2D eigenvalue weighted by molar-refractivity contribution is 5.80. The van der Waals surface area contributed by atoms with Gasteiger partial charge < -0.3 is 10.2 Å². The highest BCUT2D eigenvalue weighted by Crippen LogP contribution is 2.26. The summed E-state index contributed by atoms with van der Waals surface area (Å²) >= 11 is 0. The summed E-state index contributed by atoms with van der Waals surface area (Å²) in [6.07, 6.45) is 0.170. The SMILES string of the molecule is O=C(O)C1CCN(Cc2cc(F)ccc2F)CC1C(=O)O. The third-order valence-corrected chi connectivity index (χ3v) is 3.73. The Hall–Kier alpha value is -2.02. The first-order valence-corrected chi connectivity index (χ1v) is 6.50. The van der Waals surface area contributed by atoms with Crippen molar-refractivity contribution in [1.82, 2.24) is 4.90 Å². The van der Waals surface area contributed by atoms with Crippen molar-refractivity contribution in [2.24, 2.45) is 11.8 Å². The van der Waals surface area contributed by atoms with E-state index in [-0.39, 0.29) is 25.1 Å². The van der Waals surface area contributed by atoms with E-state index in [0.29, 0.717) is 6.54 Å². The van der Waals surface area contributed by atoms with Gasteiger partial charge in [-0.2, -0.15) is 0 Å². The molecular formula is C14H15F2NO4. The third kappa shape index (κ3) is 3.55. The third-order valence-electron chi connectivity index (χ3n) is 3.73. The minimum absolute atomic E-state index is 0.00224. The summed E-state index contributed by atoms with van der Waals surface area (Å²) in [6, 6.07) is 3.09. The molecule has 1 aromatic rings. The smallest absolute Gasteiger partial charge is 0.308 e. The Morgan fingerprint density at radius 3 is 2.48 bits per heavy atom. The van der Waals surface area contributed by atoms with Gasteiger partial charge in [0.1, 0.15) is 11.6 Å². The maximum atomic E-state index is 13.6. The summed E-state index contributed by atoms with van der Waals surface area (Å²) in [5.74, 6) is -5.46. The Bertz CT molecular complexity index is 564. The van der Waals surface area contributed by atoms with E-state index >= 15 is 0 Å². The van der Waals surface area contributed by atoms with Gasteiger partial charge in [-0.1, -0.05) is 0 Å². The zero-order valence-corrected chi connectivity index (χ0v) is 11.1. The number of nitrogens with zero attached hydrogens (tertiary/aromatic N) is 1. The van der Waals surface area contributed by atoms with Gasteiger partial charge in [-0.15, -0.1) is 0 Å². The monoisotopic (exact) mass is 299 g/mol. The molecule has 0 spiro atoms. The highest BCUT2D eigenvalue weighted by Gasteiger charge is 2.38. The van der Waals surface area contributed by atoms with Crippen molar-refractivity contribution < 1.29 is 28.6 Å². The van der Waals surface area contributed by atoms with Gasteiger partial charge in [0, 0.05) is 18.7 Å². The molecule has 2 rings (SSSR count). The van der Waals surface area contributed by atoms with Gasteiger partial charge in [0.25, 0.3) is 0 Å². The van der Waals surface area contributed by atoms with Crippen LogP contribution in [0.2, 0.25) is 0 Å². The molecule has 0 aromatic heterocycles. The summed E-state index contributed by atoms with van der Waals surface area (Å²) in [6.45, 7) is 0.388. The lowest BCUT2D eigenvalue weighted by Gasteiger charge is -2.34. The first-order valence-electron chi connectivity index (χ1n) is 6.50. The average Bonchev–Trinajstić information content (AvgIpc) is 2.42. The van der Waals surface area contributed by atoms with Crippen LogP contribution in [0.4, 0.5) is 8.78 Å². The van der Waals surface area contributed by atoms with Gasteiger partial charge >= 0.3 is 11.9 Å². The van der Waals surface area contributed by atoms with E-state index < -0.39 is 35.4 Å². The van der Waals surface area contributed by atoms with Crippen molar-refractivity contribution in [2.45, 2.75) is 13.0 Å². The maximum absolute atomic E-state index is 13.6. The zero-order chi connectivity index (χ0) is 15.6. The zero-order valence-electron chi connectivity index (χ0n) is 11.1. The normalized spacial score (nSPS) is 23.0. The second kappa shape index (κ2) is 6.17. The molecule has 0 aliphatic carbocycles. The molecule has 1 aliphatic rings. The Morgan fingerprint density at radius 2 is 1.86 bits per heavy atom. The van der Waals surface area contributed by atoms with Crippen LogP contribution >= 0.6 is 0 Å². The predicted octanol–water partition coefficient (Wildman–Crippen LogP) is 1.57. The van der Waals surface area contributed by atoms with Crippen molar-refractivity contribution in [2.75, 3.05) is 13.1 Å². The average molecular weight is 299 g/mol. The second-order valence-electron chi connectivity index (χ2n) is 5.15. The molecule has 2 atom stereocenters. The van der Waals surface area contributed by atoms with Crippen LogP contribution in [0.5, 0.6) is 0 Å². The predicted molar refractivity (Wildman–Crippen MR) is 68.5 cm³/mol. The van der Waals surface area contributed by atoms with Crippen molar-refractivity contribution >= 4 is 11.9 Å². The molecule has 21 heavy (non-hydrogen) atoms. The van der Waals surface area contributed by atoms with E-state index in [4.69, 9.17) is 10.2 Å². The molecule has 0 amide bonds. The fourth-order valence-electron chi connectivity index (χ4n) is 2.61. The fourth-order valence-corrected chi connectivity index (χ4v) is 2.61. The molecule has 1 fully saturated rings. The molecule has 2 unspecified atom stereocenters. The summed E-state index contributed by atoms with van der Waals surface area (Å²) in [5, 5.41) is 18.1. The van der Waals surface area contributed by atoms with E-state index in [1.807, 2.05) is 0 Å². The molecule has 0 saturated carbocycles. The maximum Gasteiger partial charge on any atom is 0.308 e. The fraction of sp³-hybridized carbons (Fsp3) is 0.429. The van der Waals surface area contributed by atoms with Crippen molar-refractivity contribution in [3.63, 3.8) is 0 Å². The minimum Gasteiger partial charge on any atom is -0.481 e. The molecule has 2 N–H and O–H groups in total. The number of halogens is 2. The second-order valence-corrected chi connectivity index (χ2v) is 5.15. The molecule has 1 aliphatic heterocycles. The van der Waals surface area contributed by atoms with Crippen LogP contribution in [0.15, 0.2) is 18.2 Å². The number of hydrogen-bond donors (Lipinski definition) is 2. The Kier molecular flexibility index (Phi) is 4.52. The largest absolute Gasteiger partial charge is 0.481 e. The summed E-state index contributed by atoms with van der Waals surface area (Å²) in [4.78, 5) is 23.8. The van der Waals surface area contributed by atoms with Crippen LogP contribution in [0.3, 0.4) is 0 Å². The number of hydrogen-bond acceptors (Lipinski definition) is 3. The number of aliphatic carboxylic acids is 2. The number of carbonyl (C=O) groups is 2. The van der Waals surface area contributed by atoms with E-state index in [1.54, 1.807) is 4.90 Å². The topological polar surface area (TPSA) is 77.8 Å². The van der Waals surface area contributed by atoms with Crippen LogP contribution in [-0.4, -0.2) is 40.1 Å². The molecule has 5 nitrogen and oxygen atoms in total. The van der Waals surface area contributed by atoms with Gasteiger partial charge in [0.15, 0.2) is 0 Å². The van der Waals surface area contributed by atoms with Gasteiger partial charge in [-0.05, 0) is 31.2 Å². The van der Waals surface area contributed by atoms with E-state index in [0.717, 1.165) is 18.2 Å². The summed E-state index contributed by atoms with van der Waals surface area (Å²) in [5.41, 5.74) is 0.132. The lowest BCUT2D eigenvalue weighted by Crippen LogP contribution is -2.46. The minimum atomic E-state index is -1.19. The first kappa shape index (κ1) is 15.4. The van der Waals surface area contributed by atoms with E-state index in [9.17, 15) is 18.4 Å². The van der Waals surface area contributed by atoms with Crippen molar-refractivity contribution in [3.05, 3.63) is 35.4 Å². The molecule has 0 bridgehead atoms. The molecule has 114 valence electrons.